The Hall–Kier alpha value is -5.45. The van der Waals surface area contributed by atoms with Crippen LogP contribution in [0.2, 0.25) is 0 Å². The van der Waals surface area contributed by atoms with Crippen molar-refractivity contribution in [2.24, 2.45) is 0 Å². The van der Waals surface area contributed by atoms with Gasteiger partial charge < -0.3 is 0 Å². The Morgan fingerprint density at radius 3 is 1.04 bits per heavy atom. The number of aryl methyl sites for hydroxylation is 4. The Labute approximate surface area is 302 Å². The van der Waals surface area contributed by atoms with Gasteiger partial charge >= 0.3 is 0 Å². The van der Waals surface area contributed by atoms with Crippen LogP contribution in [-0.2, 0) is 0 Å². The smallest absolute Gasteiger partial charge is 0.131 e. The van der Waals surface area contributed by atoms with Crippen LogP contribution < -0.4 is 0 Å². The minimum atomic E-state index is -0.888. The second-order valence-corrected chi connectivity index (χ2v) is 11.3. The van der Waals surface area contributed by atoms with Crippen molar-refractivity contribution < 1.29 is 48.3 Å². The monoisotopic (exact) mass is 750 g/mol. The normalized spacial score (nSPS) is 9.60. The van der Waals surface area contributed by atoms with E-state index in [9.17, 15) is 48.3 Å². The fraction of sp³-hybridized carbons (Fsp3) is 0.143. The Bertz CT molecular complexity index is 1870. The first-order valence-corrected chi connectivity index (χ1v) is 15.6. The first-order chi connectivity index (χ1) is 24.8. The summed E-state index contributed by atoms with van der Waals surface area (Å²) in [6.07, 6.45) is 0. The van der Waals surface area contributed by atoms with E-state index in [1.165, 1.54) is 80.6 Å². The molecule has 0 N–H and O–H groups in total. The van der Waals surface area contributed by atoms with Gasteiger partial charge in [-0.25, -0.2) is 48.3 Å². The van der Waals surface area contributed by atoms with Gasteiger partial charge in [0.15, 0.2) is 0 Å². The van der Waals surface area contributed by atoms with E-state index in [1.807, 2.05) is 19.9 Å². The Kier molecular flexibility index (Phi) is 19.9. The Morgan fingerprint density at radius 1 is 0.264 bits per heavy atom. The van der Waals surface area contributed by atoms with Crippen molar-refractivity contribution in [1.29, 1.82) is 0 Å². The molecule has 0 aliphatic heterocycles. The molecule has 0 bridgehead atoms. The van der Waals surface area contributed by atoms with Crippen molar-refractivity contribution >= 4 is 0 Å². The molecular formula is C42H37F11. The molecule has 6 aromatic rings. The van der Waals surface area contributed by atoms with Crippen molar-refractivity contribution in [2.75, 3.05) is 0 Å². The molecule has 0 radical (unpaired) electrons. The van der Waals surface area contributed by atoms with Crippen LogP contribution in [0.25, 0.3) is 0 Å². The molecule has 0 fully saturated rings. The molecule has 0 saturated heterocycles. The molecule has 0 amide bonds. The van der Waals surface area contributed by atoms with Gasteiger partial charge in [-0.3, -0.25) is 0 Å². The van der Waals surface area contributed by atoms with E-state index in [4.69, 9.17) is 0 Å². The predicted molar refractivity (Wildman–Crippen MR) is 187 cm³/mol. The Morgan fingerprint density at radius 2 is 0.660 bits per heavy atom. The highest BCUT2D eigenvalue weighted by Gasteiger charge is 2.05. The molecule has 282 valence electrons. The Balaban J connectivity index is 0.000000318. The number of halogens is 11. The number of rotatable bonds is 0. The zero-order valence-corrected chi connectivity index (χ0v) is 29.6. The summed E-state index contributed by atoms with van der Waals surface area (Å²) in [5.41, 5.74) is 3.05. The van der Waals surface area contributed by atoms with Gasteiger partial charge in [-0.1, -0.05) is 42.0 Å². The molecule has 0 unspecified atom stereocenters. The first-order valence-electron chi connectivity index (χ1n) is 15.6. The van der Waals surface area contributed by atoms with Gasteiger partial charge in [0.25, 0.3) is 0 Å². The summed E-state index contributed by atoms with van der Waals surface area (Å²) in [4.78, 5) is 0. The third-order valence-corrected chi connectivity index (χ3v) is 6.58. The molecule has 0 aromatic heterocycles. The zero-order valence-electron chi connectivity index (χ0n) is 29.6. The summed E-state index contributed by atoms with van der Waals surface area (Å²) in [6, 6.07) is 24.9. The van der Waals surface area contributed by atoms with Crippen LogP contribution in [0.5, 0.6) is 0 Å². The lowest BCUT2D eigenvalue weighted by Gasteiger charge is -1.96. The van der Waals surface area contributed by atoms with Crippen LogP contribution in [0.1, 0.15) is 33.4 Å². The molecule has 0 nitrogen and oxygen atoms in total. The van der Waals surface area contributed by atoms with Crippen molar-refractivity contribution in [1.82, 2.24) is 0 Å². The van der Waals surface area contributed by atoms with E-state index in [0.717, 1.165) is 23.3 Å². The molecule has 0 heterocycles. The average Bonchev–Trinajstić information content (AvgIpc) is 3.06. The minimum Gasteiger partial charge on any atom is -0.207 e. The van der Waals surface area contributed by atoms with Crippen molar-refractivity contribution in [3.05, 3.63) is 213 Å². The topological polar surface area (TPSA) is 0 Å². The molecule has 0 saturated carbocycles. The van der Waals surface area contributed by atoms with Gasteiger partial charge in [0.1, 0.15) is 64.0 Å². The fourth-order valence-corrected chi connectivity index (χ4v) is 3.59. The number of hydrogen-bond acceptors (Lipinski definition) is 0. The third kappa shape index (κ3) is 19.1. The van der Waals surface area contributed by atoms with E-state index in [-0.39, 0.29) is 22.8 Å². The van der Waals surface area contributed by atoms with Crippen LogP contribution in [0.3, 0.4) is 0 Å². The fourth-order valence-electron chi connectivity index (χ4n) is 3.59. The van der Waals surface area contributed by atoms with Crippen LogP contribution in [0.4, 0.5) is 48.3 Å². The highest BCUT2D eigenvalue weighted by Crippen LogP contribution is 2.13. The highest BCUT2D eigenvalue weighted by atomic mass is 19.2. The second kappa shape index (κ2) is 23.2. The van der Waals surface area contributed by atoms with E-state index < -0.39 is 52.4 Å². The van der Waals surface area contributed by atoms with Gasteiger partial charge in [-0.15, -0.1) is 0 Å². The second-order valence-electron chi connectivity index (χ2n) is 11.3. The van der Waals surface area contributed by atoms with Crippen molar-refractivity contribution in [3.8, 4) is 0 Å². The largest absolute Gasteiger partial charge is 0.207 e. The van der Waals surface area contributed by atoms with Crippen LogP contribution in [0.15, 0.2) is 115 Å². The number of hydrogen-bond donors (Lipinski definition) is 0. The lowest BCUT2D eigenvalue weighted by molar-refractivity contribution is 0.532. The van der Waals surface area contributed by atoms with Gasteiger partial charge in [-0.05, 0) is 113 Å². The van der Waals surface area contributed by atoms with Gasteiger partial charge in [0, 0.05) is 35.4 Å². The third-order valence-electron chi connectivity index (χ3n) is 6.58. The van der Waals surface area contributed by atoms with E-state index in [2.05, 4.69) is 0 Å². The molecule has 0 aliphatic carbocycles. The molecule has 0 aliphatic rings. The molecule has 0 atom stereocenters. The molecule has 11 heteroatoms. The van der Waals surface area contributed by atoms with E-state index in [1.54, 1.807) is 32.0 Å². The summed E-state index contributed by atoms with van der Waals surface area (Å²) in [5, 5.41) is 0. The van der Waals surface area contributed by atoms with Gasteiger partial charge in [-0.2, -0.15) is 0 Å². The molecule has 6 rings (SSSR count). The maximum Gasteiger partial charge on any atom is 0.131 e. The number of benzene rings is 6. The van der Waals surface area contributed by atoms with Crippen molar-refractivity contribution in [3.63, 3.8) is 0 Å². The maximum atomic E-state index is 12.4. The lowest BCUT2D eigenvalue weighted by Crippen LogP contribution is -1.89. The standard InChI is InChI=1S/C7H5F3.3C7H6F2.2C7H7F/c1-4-6(9)2-5(8)3-7(4)10;1-5-2-6(8)4-7(9)3-5;1-5-2-3-6(8)4-7(5)9;1-5-6(8)3-2-4-7(5)9;1-6-2-4-7(8)5-3-6;1-6-3-2-4-7(8)5-6/h2-3H,1H3;3*2-4H,1H3;2*2-5H,1H3. The van der Waals surface area contributed by atoms with Gasteiger partial charge in [0.2, 0.25) is 0 Å². The molecule has 0 spiro atoms. The summed E-state index contributed by atoms with van der Waals surface area (Å²) in [7, 11) is 0. The highest BCUT2D eigenvalue weighted by molar-refractivity contribution is 5.20. The first kappa shape index (κ1) is 45.6. The lowest BCUT2D eigenvalue weighted by atomic mass is 10.2. The van der Waals surface area contributed by atoms with Gasteiger partial charge in [0.05, 0.1) is 0 Å². The maximum absolute atomic E-state index is 12.4. The quantitative estimate of drug-likeness (QED) is 0.136. The summed E-state index contributed by atoms with van der Waals surface area (Å²) in [5.74, 6) is -5.96. The van der Waals surface area contributed by atoms with E-state index >= 15 is 0 Å². The zero-order chi connectivity index (χ0) is 40.2. The average molecular weight is 751 g/mol. The van der Waals surface area contributed by atoms with Crippen LogP contribution >= 0.6 is 0 Å². The van der Waals surface area contributed by atoms with Crippen LogP contribution in [-0.4, -0.2) is 0 Å². The molecular weight excluding hydrogens is 713 g/mol. The molecule has 6 aromatic carbocycles. The summed E-state index contributed by atoms with van der Waals surface area (Å²) < 4.78 is 135. The predicted octanol–water partition coefficient (Wildman–Crippen LogP) is 13.5. The summed E-state index contributed by atoms with van der Waals surface area (Å²) >= 11 is 0. The SMILES string of the molecule is Cc1c(F)cc(F)cc1F.Cc1c(F)cccc1F.Cc1cc(F)cc(F)c1.Cc1ccc(F)cc1.Cc1ccc(F)cc1F.Cc1cccc(F)c1. The molecule has 53 heavy (non-hydrogen) atoms. The summed E-state index contributed by atoms with van der Waals surface area (Å²) in [6.45, 7) is 9.69. The van der Waals surface area contributed by atoms with Crippen molar-refractivity contribution in [2.45, 2.75) is 41.5 Å². The minimum absolute atomic E-state index is 0.0810. The van der Waals surface area contributed by atoms with E-state index in [0.29, 0.717) is 23.3 Å². The van der Waals surface area contributed by atoms with Crippen LogP contribution in [0, 0.1) is 106 Å².